The predicted octanol–water partition coefficient (Wildman–Crippen LogP) is 3.65. The first-order chi connectivity index (χ1) is 11.2. The zero-order chi connectivity index (χ0) is 17.9. The smallest absolute Gasteiger partial charge is 0.394 e. The maximum atomic E-state index is 13.1. The molecule has 0 spiro atoms. The second-order valence-corrected chi connectivity index (χ2v) is 5.56. The van der Waals surface area contributed by atoms with E-state index in [9.17, 15) is 13.2 Å². The minimum atomic E-state index is -4.60. The Morgan fingerprint density at radius 3 is 2.54 bits per heavy atom. The van der Waals surface area contributed by atoms with Crippen molar-refractivity contribution in [1.82, 2.24) is 9.97 Å². The third-order valence-electron chi connectivity index (χ3n) is 3.53. The van der Waals surface area contributed by atoms with Gasteiger partial charge in [0.2, 0.25) is 5.95 Å². The second kappa shape index (κ2) is 7.04. The number of aromatic nitrogens is 2. The van der Waals surface area contributed by atoms with Gasteiger partial charge in [-0.15, -0.1) is 0 Å². The highest BCUT2D eigenvalue weighted by Crippen LogP contribution is 2.31. The van der Waals surface area contributed by atoms with Gasteiger partial charge in [-0.3, -0.25) is 0 Å². The number of rotatable bonds is 5. The summed E-state index contributed by atoms with van der Waals surface area (Å²) in [7, 11) is 0. The molecule has 24 heavy (non-hydrogen) atoms. The van der Waals surface area contributed by atoms with Crippen LogP contribution in [0.5, 0.6) is 0 Å². The zero-order valence-corrected chi connectivity index (χ0v) is 13.6. The van der Waals surface area contributed by atoms with Crippen LogP contribution in [0.15, 0.2) is 24.3 Å². The number of aliphatic hydroxyl groups is 1. The van der Waals surface area contributed by atoms with Gasteiger partial charge in [-0.1, -0.05) is 12.1 Å². The van der Waals surface area contributed by atoms with Crippen LogP contribution in [0.4, 0.5) is 30.6 Å². The molecule has 0 aliphatic heterocycles. The van der Waals surface area contributed by atoms with Gasteiger partial charge in [0.05, 0.1) is 6.61 Å². The lowest BCUT2D eigenvalue weighted by Crippen LogP contribution is -2.22. The van der Waals surface area contributed by atoms with Crippen molar-refractivity contribution >= 4 is 17.5 Å². The molecule has 0 radical (unpaired) electrons. The Morgan fingerprint density at radius 2 is 1.92 bits per heavy atom. The summed E-state index contributed by atoms with van der Waals surface area (Å²) in [4.78, 5) is 7.53. The van der Waals surface area contributed by atoms with E-state index >= 15 is 0 Å². The van der Waals surface area contributed by atoms with E-state index in [-0.39, 0.29) is 18.4 Å². The third-order valence-corrected chi connectivity index (χ3v) is 3.53. The van der Waals surface area contributed by atoms with E-state index in [0.29, 0.717) is 5.69 Å². The fourth-order valence-electron chi connectivity index (χ4n) is 2.01. The summed E-state index contributed by atoms with van der Waals surface area (Å²) in [5, 5.41) is 14.6. The van der Waals surface area contributed by atoms with Crippen molar-refractivity contribution in [1.29, 1.82) is 0 Å². The molecule has 0 fully saturated rings. The first kappa shape index (κ1) is 18.0. The molecule has 0 unspecified atom stereocenters. The molecule has 2 aromatic rings. The Hall–Kier alpha value is -2.35. The van der Waals surface area contributed by atoms with Crippen molar-refractivity contribution in [3.05, 3.63) is 41.1 Å². The molecule has 0 saturated heterocycles. The van der Waals surface area contributed by atoms with Gasteiger partial charge >= 0.3 is 6.18 Å². The molecule has 2 rings (SSSR count). The van der Waals surface area contributed by atoms with Crippen LogP contribution in [0.1, 0.15) is 23.7 Å². The number of halogens is 3. The molecule has 1 aromatic heterocycles. The molecule has 1 aromatic carbocycles. The first-order valence-corrected chi connectivity index (χ1v) is 7.37. The first-order valence-electron chi connectivity index (χ1n) is 7.37. The quantitative estimate of drug-likeness (QED) is 0.775. The van der Waals surface area contributed by atoms with Crippen molar-refractivity contribution in [3.8, 4) is 0 Å². The lowest BCUT2D eigenvalue weighted by molar-refractivity contribution is -0.141. The molecule has 1 heterocycles. The Kier molecular flexibility index (Phi) is 5.28. The van der Waals surface area contributed by atoms with Gasteiger partial charge in [-0.2, -0.15) is 18.2 Å². The zero-order valence-electron chi connectivity index (χ0n) is 13.6. The van der Waals surface area contributed by atoms with E-state index in [0.717, 1.165) is 17.2 Å². The van der Waals surface area contributed by atoms with Crippen LogP contribution < -0.4 is 10.6 Å². The fourth-order valence-corrected chi connectivity index (χ4v) is 2.01. The average molecular weight is 340 g/mol. The highest BCUT2D eigenvalue weighted by Gasteiger charge is 2.34. The van der Waals surface area contributed by atoms with Crippen molar-refractivity contribution in [2.24, 2.45) is 0 Å². The summed E-state index contributed by atoms with van der Waals surface area (Å²) in [6.45, 7) is 5.15. The number of nitrogens with one attached hydrogen (secondary N) is 2. The Morgan fingerprint density at radius 1 is 1.21 bits per heavy atom. The van der Waals surface area contributed by atoms with Crippen LogP contribution in [0, 0.1) is 13.8 Å². The van der Waals surface area contributed by atoms with Gasteiger partial charge in [-0.25, -0.2) is 4.98 Å². The van der Waals surface area contributed by atoms with Crippen molar-refractivity contribution in [3.63, 3.8) is 0 Å². The summed E-state index contributed by atoms with van der Waals surface area (Å²) in [5.74, 6) is -0.169. The van der Waals surface area contributed by atoms with Gasteiger partial charge in [0.1, 0.15) is 5.82 Å². The van der Waals surface area contributed by atoms with Gasteiger partial charge in [0.15, 0.2) is 5.69 Å². The molecular formula is C16H19F3N4O. The van der Waals surface area contributed by atoms with E-state index in [1.165, 1.54) is 0 Å². The minimum absolute atomic E-state index is 0.0265. The number of hydrogen-bond donors (Lipinski definition) is 3. The molecule has 0 aliphatic rings. The molecule has 1 atom stereocenters. The molecule has 8 heteroatoms. The normalized spacial score (nSPS) is 12.8. The van der Waals surface area contributed by atoms with Crippen LogP contribution in [0.2, 0.25) is 0 Å². The largest absolute Gasteiger partial charge is 0.433 e. The summed E-state index contributed by atoms with van der Waals surface area (Å²) < 4.78 is 39.2. The highest BCUT2D eigenvalue weighted by molar-refractivity contribution is 5.63. The Labute approximate surface area is 138 Å². The third kappa shape index (κ3) is 4.35. The number of nitrogens with zero attached hydrogens (tertiary/aromatic N) is 2. The second-order valence-electron chi connectivity index (χ2n) is 5.56. The monoisotopic (exact) mass is 340 g/mol. The van der Waals surface area contributed by atoms with Gasteiger partial charge < -0.3 is 15.7 Å². The molecule has 130 valence electrons. The summed E-state index contributed by atoms with van der Waals surface area (Å²) in [6, 6.07) is 5.88. The van der Waals surface area contributed by atoms with Crippen LogP contribution in [-0.4, -0.2) is 27.7 Å². The van der Waals surface area contributed by atoms with E-state index < -0.39 is 17.9 Å². The van der Waals surface area contributed by atoms with Crippen molar-refractivity contribution < 1.29 is 18.3 Å². The number of aryl methyl sites for hydroxylation is 1. The maximum Gasteiger partial charge on any atom is 0.433 e. The molecule has 0 bridgehead atoms. The summed E-state index contributed by atoms with van der Waals surface area (Å²) >= 11 is 0. The highest BCUT2D eigenvalue weighted by atomic mass is 19.4. The molecule has 0 amide bonds. The number of hydrogen-bond acceptors (Lipinski definition) is 5. The molecule has 5 nitrogen and oxygen atoms in total. The topological polar surface area (TPSA) is 70.1 Å². The summed E-state index contributed by atoms with van der Waals surface area (Å²) in [5.41, 5.74) is 1.54. The molecule has 0 aliphatic carbocycles. The SMILES string of the molecule is Cc1cccc(Nc2cc(C(F)(F)F)nc(N[C@@H](C)CO)n2)c1C. The number of alkyl halides is 3. The maximum absolute atomic E-state index is 13.1. The molecular weight excluding hydrogens is 321 g/mol. The summed E-state index contributed by atoms with van der Waals surface area (Å²) in [6.07, 6.45) is -4.60. The van der Waals surface area contributed by atoms with E-state index in [1.54, 1.807) is 13.0 Å². The average Bonchev–Trinajstić information content (AvgIpc) is 2.50. The molecule has 0 saturated carbocycles. The van der Waals surface area contributed by atoms with Crippen LogP contribution >= 0.6 is 0 Å². The van der Waals surface area contributed by atoms with Gasteiger partial charge in [0.25, 0.3) is 0 Å². The van der Waals surface area contributed by atoms with Crippen LogP contribution in [0.25, 0.3) is 0 Å². The lowest BCUT2D eigenvalue weighted by atomic mass is 10.1. The van der Waals surface area contributed by atoms with Gasteiger partial charge in [0, 0.05) is 17.8 Å². The standard InChI is InChI=1S/C16H19F3N4O/c1-9-5-4-6-12(11(9)3)21-14-7-13(16(17,18)19)22-15(23-14)20-10(2)8-24/h4-7,10,24H,8H2,1-3H3,(H2,20,21,22,23)/t10-/m0/s1. The lowest BCUT2D eigenvalue weighted by Gasteiger charge is -2.16. The van der Waals surface area contributed by atoms with E-state index in [1.807, 2.05) is 26.0 Å². The van der Waals surface area contributed by atoms with Gasteiger partial charge in [-0.05, 0) is 38.0 Å². The molecule has 3 N–H and O–H groups in total. The van der Waals surface area contributed by atoms with Crippen LogP contribution in [0.3, 0.4) is 0 Å². The minimum Gasteiger partial charge on any atom is -0.394 e. The number of benzene rings is 1. The van der Waals surface area contributed by atoms with Crippen molar-refractivity contribution in [2.75, 3.05) is 17.2 Å². The fraction of sp³-hybridized carbons (Fsp3) is 0.375. The number of anilines is 3. The van der Waals surface area contributed by atoms with E-state index in [4.69, 9.17) is 5.11 Å². The van der Waals surface area contributed by atoms with Crippen molar-refractivity contribution in [2.45, 2.75) is 33.0 Å². The van der Waals surface area contributed by atoms with E-state index in [2.05, 4.69) is 20.6 Å². The van der Waals surface area contributed by atoms with Crippen LogP contribution in [-0.2, 0) is 6.18 Å². The Bertz CT molecular complexity index is 719. The number of aliphatic hydroxyl groups excluding tert-OH is 1. The predicted molar refractivity (Wildman–Crippen MR) is 86.4 cm³/mol. The Balaban J connectivity index is 2.41.